The van der Waals surface area contributed by atoms with Gasteiger partial charge in [-0.1, -0.05) is 18.2 Å². The maximum atomic E-state index is 5.87. The third-order valence-corrected chi connectivity index (χ3v) is 3.26. The second-order valence-corrected chi connectivity index (χ2v) is 4.97. The monoisotopic (exact) mass is 270 g/mol. The van der Waals surface area contributed by atoms with Gasteiger partial charge in [0.15, 0.2) is 0 Å². The molecule has 0 atom stereocenters. The molecule has 5 nitrogen and oxygen atoms in total. The fraction of sp³-hybridized carbons (Fsp3) is 0.333. The summed E-state index contributed by atoms with van der Waals surface area (Å²) >= 11 is 0. The van der Waals surface area contributed by atoms with Crippen molar-refractivity contribution in [3.8, 4) is 17.0 Å². The predicted molar refractivity (Wildman–Crippen MR) is 77.4 cm³/mol. The Morgan fingerprint density at radius 3 is 2.80 bits per heavy atom. The molecule has 0 unspecified atom stereocenters. The highest BCUT2D eigenvalue weighted by Crippen LogP contribution is 2.28. The Balaban J connectivity index is 1.79. The van der Waals surface area contributed by atoms with Crippen molar-refractivity contribution in [2.24, 2.45) is 14.1 Å². The summed E-state index contributed by atoms with van der Waals surface area (Å²) in [4.78, 5) is 0. The molecule has 20 heavy (non-hydrogen) atoms. The Morgan fingerprint density at radius 2 is 2.10 bits per heavy atom. The summed E-state index contributed by atoms with van der Waals surface area (Å²) in [7, 11) is 3.80. The first kappa shape index (κ1) is 12.7. The van der Waals surface area contributed by atoms with Crippen LogP contribution in [0.15, 0.2) is 42.4 Å². The van der Waals surface area contributed by atoms with Crippen LogP contribution >= 0.6 is 0 Å². The van der Waals surface area contributed by atoms with Gasteiger partial charge in [0.25, 0.3) is 0 Å². The number of allylic oxidation sites excluding steroid dienone is 2. The van der Waals surface area contributed by atoms with Crippen molar-refractivity contribution >= 4 is 0 Å². The lowest BCUT2D eigenvalue weighted by Crippen LogP contribution is -2.02. The molecule has 2 aromatic rings. The zero-order valence-corrected chi connectivity index (χ0v) is 11.8. The van der Waals surface area contributed by atoms with Gasteiger partial charge in [-0.3, -0.25) is 9.36 Å². The number of rotatable bonds is 4. The van der Waals surface area contributed by atoms with E-state index < -0.39 is 0 Å². The minimum atomic E-state index is 0.556. The molecule has 0 saturated heterocycles. The summed E-state index contributed by atoms with van der Waals surface area (Å²) in [6.45, 7) is 0.556. The molecule has 0 bridgehead atoms. The van der Waals surface area contributed by atoms with E-state index in [0.29, 0.717) is 12.5 Å². The van der Waals surface area contributed by atoms with E-state index in [1.54, 1.807) is 9.36 Å². The van der Waals surface area contributed by atoms with Crippen LogP contribution in [0, 0.1) is 0 Å². The van der Waals surface area contributed by atoms with E-state index in [-0.39, 0.29) is 0 Å². The van der Waals surface area contributed by atoms with Crippen molar-refractivity contribution < 1.29 is 4.74 Å². The minimum absolute atomic E-state index is 0.556. The molecule has 0 N–H and O–H groups in total. The first-order valence-electron chi connectivity index (χ1n) is 6.73. The highest BCUT2D eigenvalue weighted by Gasteiger charge is 2.13. The number of nitrogens with zero attached hydrogens (tertiary/aromatic N) is 4. The fourth-order valence-corrected chi connectivity index (χ4v) is 2.26. The van der Waals surface area contributed by atoms with E-state index in [1.165, 1.54) is 5.57 Å². The molecule has 0 aromatic carbocycles. The summed E-state index contributed by atoms with van der Waals surface area (Å²) in [5.41, 5.74) is 3.20. The largest absolute Gasteiger partial charge is 0.471 e. The Labute approximate surface area is 118 Å². The third kappa shape index (κ3) is 2.66. The van der Waals surface area contributed by atoms with Crippen molar-refractivity contribution in [1.82, 2.24) is 19.6 Å². The van der Waals surface area contributed by atoms with Crippen LogP contribution in [0.25, 0.3) is 11.1 Å². The lowest BCUT2D eigenvalue weighted by molar-refractivity contribution is 0.338. The van der Waals surface area contributed by atoms with Gasteiger partial charge in [-0.05, 0) is 18.4 Å². The summed E-state index contributed by atoms with van der Waals surface area (Å²) in [6, 6.07) is 0. The molecule has 3 rings (SSSR count). The standard InChI is InChI=1S/C15H18N4O/c1-18-9-13(8-16-18)14-10-19(2)17-15(14)20-11-12-6-4-3-5-7-12/h4,6-10H,3,5,11H2,1-2H3. The van der Waals surface area contributed by atoms with E-state index in [9.17, 15) is 0 Å². The predicted octanol–water partition coefficient (Wildman–Crippen LogP) is 2.48. The average Bonchev–Trinajstić information content (AvgIpc) is 3.03. The van der Waals surface area contributed by atoms with Gasteiger partial charge in [-0.25, -0.2) is 0 Å². The zero-order valence-electron chi connectivity index (χ0n) is 11.8. The number of hydrogen-bond donors (Lipinski definition) is 0. The summed E-state index contributed by atoms with van der Waals surface area (Å²) in [5.74, 6) is 0.653. The van der Waals surface area contributed by atoms with Gasteiger partial charge < -0.3 is 4.74 Å². The molecule has 0 radical (unpaired) electrons. The van der Waals surface area contributed by atoms with Gasteiger partial charge in [-0.2, -0.15) is 5.10 Å². The van der Waals surface area contributed by atoms with Gasteiger partial charge in [0.2, 0.25) is 5.88 Å². The normalized spacial score (nSPS) is 14.4. The molecule has 1 aliphatic rings. The first-order chi connectivity index (χ1) is 9.72. The fourth-order valence-electron chi connectivity index (χ4n) is 2.26. The van der Waals surface area contributed by atoms with Crippen molar-refractivity contribution in [2.75, 3.05) is 6.61 Å². The van der Waals surface area contributed by atoms with Crippen LogP contribution in [0.4, 0.5) is 0 Å². The van der Waals surface area contributed by atoms with Crippen molar-refractivity contribution in [3.05, 3.63) is 42.4 Å². The lowest BCUT2D eigenvalue weighted by Gasteiger charge is -2.08. The Kier molecular flexibility index (Phi) is 3.41. The van der Waals surface area contributed by atoms with Crippen molar-refractivity contribution in [1.29, 1.82) is 0 Å². The van der Waals surface area contributed by atoms with Crippen LogP contribution < -0.4 is 4.74 Å². The maximum Gasteiger partial charge on any atom is 0.241 e. The molecule has 5 heteroatoms. The molecule has 104 valence electrons. The van der Waals surface area contributed by atoms with E-state index in [0.717, 1.165) is 24.0 Å². The Bertz CT molecular complexity index is 663. The highest BCUT2D eigenvalue weighted by molar-refractivity contribution is 5.66. The number of aryl methyl sites for hydroxylation is 2. The SMILES string of the molecule is Cn1cc(-c2cn(C)nc2OCC2=CCCC=C2)cn1. The van der Waals surface area contributed by atoms with Crippen molar-refractivity contribution in [3.63, 3.8) is 0 Å². The number of hydrogen-bond acceptors (Lipinski definition) is 3. The van der Waals surface area contributed by atoms with Gasteiger partial charge in [0.1, 0.15) is 6.61 Å². The summed E-state index contributed by atoms with van der Waals surface area (Å²) in [6.07, 6.45) is 14.5. The molecule has 1 aliphatic carbocycles. The number of ether oxygens (including phenoxy) is 1. The van der Waals surface area contributed by atoms with Crippen LogP contribution in [0.2, 0.25) is 0 Å². The van der Waals surface area contributed by atoms with Crippen molar-refractivity contribution in [2.45, 2.75) is 12.8 Å². The Hall–Kier alpha value is -2.30. The van der Waals surface area contributed by atoms with Gasteiger partial charge >= 0.3 is 0 Å². The van der Waals surface area contributed by atoms with E-state index in [1.807, 2.05) is 32.7 Å². The lowest BCUT2D eigenvalue weighted by atomic mass is 10.1. The third-order valence-electron chi connectivity index (χ3n) is 3.26. The van der Waals surface area contributed by atoms with E-state index >= 15 is 0 Å². The quantitative estimate of drug-likeness (QED) is 0.857. The number of aromatic nitrogens is 4. The highest BCUT2D eigenvalue weighted by atomic mass is 16.5. The summed E-state index contributed by atoms with van der Waals surface area (Å²) < 4.78 is 9.42. The average molecular weight is 270 g/mol. The van der Waals surface area contributed by atoms with E-state index in [2.05, 4.69) is 28.4 Å². The molecular weight excluding hydrogens is 252 g/mol. The minimum Gasteiger partial charge on any atom is -0.471 e. The maximum absolute atomic E-state index is 5.87. The Morgan fingerprint density at radius 1 is 1.20 bits per heavy atom. The summed E-state index contributed by atoms with van der Waals surface area (Å²) in [5, 5.41) is 8.58. The van der Waals surface area contributed by atoms with Crippen LogP contribution in [0.5, 0.6) is 5.88 Å². The molecule has 2 aromatic heterocycles. The molecule has 0 aliphatic heterocycles. The first-order valence-corrected chi connectivity index (χ1v) is 6.73. The second kappa shape index (κ2) is 5.36. The van der Waals surface area contributed by atoms with Gasteiger partial charge in [0.05, 0.1) is 11.8 Å². The molecular formula is C15H18N4O. The van der Waals surface area contributed by atoms with Gasteiger partial charge in [-0.15, -0.1) is 5.10 Å². The van der Waals surface area contributed by atoms with Crippen LogP contribution in [0.3, 0.4) is 0 Å². The van der Waals surface area contributed by atoms with Gasteiger partial charge in [0, 0.05) is 32.1 Å². The molecule has 2 heterocycles. The molecule has 0 fully saturated rings. The topological polar surface area (TPSA) is 44.9 Å². The van der Waals surface area contributed by atoms with Crippen LogP contribution in [0.1, 0.15) is 12.8 Å². The van der Waals surface area contributed by atoms with E-state index in [4.69, 9.17) is 4.74 Å². The van der Waals surface area contributed by atoms with Crippen LogP contribution in [-0.2, 0) is 14.1 Å². The smallest absolute Gasteiger partial charge is 0.241 e. The zero-order chi connectivity index (χ0) is 13.9. The molecule has 0 spiro atoms. The van der Waals surface area contributed by atoms with Crippen LogP contribution in [-0.4, -0.2) is 26.2 Å². The second-order valence-electron chi connectivity index (χ2n) is 4.97. The molecule has 0 amide bonds. The molecule has 0 saturated carbocycles.